The fourth-order valence-electron chi connectivity index (χ4n) is 4.57. The maximum Gasteiger partial charge on any atom is 0.126 e. The largest absolute Gasteiger partial charge is 0.207 e. The molecule has 0 N–H and O–H groups in total. The van der Waals surface area contributed by atoms with Crippen molar-refractivity contribution < 1.29 is 4.39 Å². The van der Waals surface area contributed by atoms with Gasteiger partial charge in [0.25, 0.3) is 0 Å². The van der Waals surface area contributed by atoms with Crippen LogP contribution in [0.3, 0.4) is 0 Å². The van der Waals surface area contributed by atoms with Crippen LogP contribution in [-0.4, -0.2) is 0 Å². The zero-order valence-corrected chi connectivity index (χ0v) is 14.6. The maximum atomic E-state index is 14.1. The van der Waals surface area contributed by atoms with Gasteiger partial charge in [-0.25, -0.2) is 4.39 Å². The second-order valence-electron chi connectivity index (χ2n) is 8.01. The van der Waals surface area contributed by atoms with Crippen LogP contribution in [0.25, 0.3) is 0 Å². The lowest BCUT2D eigenvalue weighted by Gasteiger charge is -2.31. The highest BCUT2D eigenvalue weighted by molar-refractivity contribution is 5.26. The molecule has 2 aliphatic rings. The van der Waals surface area contributed by atoms with Gasteiger partial charge in [-0.05, 0) is 93.2 Å². The van der Waals surface area contributed by atoms with Crippen molar-refractivity contribution in [3.63, 3.8) is 0 Å². The number of hydrogen-bond donors (Lipinski definition) is 0. The summed E-state index contributed by atoms with van der Waals surface area (Å²) < 4.78 is 14.1. The monoisotopic (exact) mass is 314 g/mol. The van der Waals surface area contributed by atoms with E-state index < -0.39 is 0 Å². The number of halogens is 1. The number of benzene rings is 1. The van der Waals surface area contributed by atoms with E-state index >= 15 is 0 Å². The Bertz CT molecular complexity index is 527. The molecule has 3 rings (SSSR count). The highest BCUT2D eigenvalue weighted by atomic mass is 19.1. The summed E-state index contributed by atoms with van der Waals surface area (Å²) in [6, 6.07) is 5.77. The Balaban J connectivity index is 1.44. The molecule has 0 aromatic heterocycles. The Kier molecular flexibility index (Phi) is 5.56. The van der Waals surface area contributed by atoms with Crippen LogP contribution in [-0.2, 0) is 0 Å². The summed E-state index contributed by atoms with van der Waals surface area (Å²) in [5.74, 6) is 2.28. The molecule has 0 aliphatic heterocycles. The van der Waals surface area contributed by atoms with Gasteiger partial charge in [-0.15, -0.1) is 0 Å². The highest BCUT2D eigenvalue weighted by Crippen LogP contribution is 2.40. The minimum absolute atomic E-state index is 0.0101. The van der Waals surface area contributed by atoms with Crippen molar-refractivity contribution in [2.24, 2.45) is 11.8 Å². The van der Waals surface area contributed by atoms with Crippen molar-refractivity contribution in [1.82, 2.24) is 0 Å². The molecule has 0 amide bonds. The Morgan fingerprint density at radius 3 is 2.17 bits per heavy atom. The van der Waals surface area contributed by atoms with Gasteiger partial charge < -0.3 is 0 Å². The predicted octanol–water partition coefficient (Wildman–Crippen LogP) is 6.93. The maximum absolute atomic E-state index is 14.1. The second kappa shape index (κ2) is 7.64. The third-order valence-corrected chi connectivity index (χ3v) is 6.24. The molecule has 1 aromatic rings. The predicted molar refractivity (Wildman–Crippen MR) is 96.2 cm³/mol. The van der Waals surface area contributed by atoms with E-state index in [4.69, 9.17) is 0 Å². The van der Waals surface area contributed by atoms with Crippen molar-refractivity contribution in [2.75, 3.05) is 0 Å². The van der Waals surface area contributed by atoms with E-state index in [-0.39, 0.29) is 5.82 Å². The van der Waals surface area contributed by atoms with Gasteiger partial charge in [0.2, 0.25) is 0 Å². The molecule has 0 radical (unpaired) electrons. The zero-order chi connectivity index (χ0) is 16.2. The second-order valence-corrected chi connectivity index (χ2v) is 8.01. The summed E-state index contributed by atoms with van der Waals surface area (Å²) in [5, 5.41) is 0. The zero-order valence-electron chi connectivity index (χ0n) is 14.6. The number of rotatable bonds is 4. The molecule has 2 saturated carbocycles. The lowest BCUT2D eigenvalue weighted by atomic mass is 9.75. The molecule has 0 nitrogen and oxygen atoms in total. The molecular formula is C22H31F. The highest BCUT2D eigenvalue weighted by Gasteiger charge is 2.25. The molecule has 1 heteroatoms. The lowest BCUT2D eigenvalue weighted by molar-refractivity contribution is 0.270. The van der Waals surface area contributed by atoms with E-state index in [0.717, 1.165) is 23.0 Å². The van der Waals surface area contributed by atoms with Crippen LogP contribution in [0.1, 0.15) is 81.3 Å². The van der Waals surface area contributed by atoms with Gasteiger partial charge in [-0.3, -0.25) is 0 Å². The van der Waals surface area contributed by atoms with Crippen molar-refractivity contribution >= 4 is 0 Å². The van der Waals surface area contributed by atoms with Crippen LogP contribution in [0.2, 0.25) is 0 Å². The fraction of sp³-hybridized carbons (Fsp3) is 0.636. The van der Waals surface area contributed by atoms with E-state index in [1.165, 1.54) is 69.8 Å². The van der Waals surface area contributed by atoms with Crippen molar-refractivity contribution in [1.29, 1.82) is 0 Å². The van der Waals surface area contributed by atoms with Crippen LogP contribution < -0.4 is 0 Å². The Labute approximate surface area is 141 Å². The Morgan fingerprint density at radius 2 is 1.57 bits per heavy atom. The average molecular weight is 314 g/mol. The first-order valence-electron chi connectivity index (χ1n) is 9.54. The molecule has 23 heavy (non-hydrogen) atoms. The summed E-state index contributed by atoms with van der Waals surface area (Å²) in [6.45, 7) is 6.08. The molecule has 126 valence electrons. The molecule has 0 unspecified atom stereocenters. The first-order chi connectivity index (χ1) is 11.1. The third kappa shape index (κ3) is 4.46. The summed E-state index contributed by atoms with van der Waals surface area (Å²) in [6.07, 6.45) is 13.0. The van der Waals surface area contributed by atoms with Crippen LogP contribution in [0, 0.1) is 24.6 Å². The van der Waals surface area contributed by atoms with Crippen molar-refractivity contribution in [3.05, 3.63) is 47.3 Å². The van der Waals surface area contributed by atoms with E-state index in [9.17, 15) is 4.39 Å². The molecular weight excluding hydrogens is 283 g/mol. The molecule has 2 fully saturated rings. The van der Waals surface area contributed by atoms with Gasteiger partial charge in [0.1, 0.15) is 5.82 Å². The van der Waals surface area contributed by atoms with E-state index in [2.05, 4.69) is 12.6 Å². The molecule has 0 heterocycles. The minimum Gasteiger partial charge on any atom is -0.207 e. The average Bonchev–Trinajstić information content (AvgIpc) is 2.55. The van der Waals surface area contributed by atoms with Gasteiger partial charge in [-0.2, -0.15) is 0 Å². The first kappa shape index (κ1) is 16.7. The van der Waals surface area contributed by atoms with Crippen LogP contribution in [0.5, 0.6) is 0 Å². The Morgan fingerprint density at radius 1 is 0.957 bits per heavy atom. The molecule has 0 saturated heterocycles. The number of hydrogen-bond acceptors (Lipinski definition) is 0. The van der Waals surface area contributed by atoms with E-state index in [0.29, 0.717) is 5.92 Å². The topological polar surface area (TPSA) is 0 Å². The van der Waals surface area contributed by atoms with Gasteiger partial charge in [0.15, 0.2) is 0 Å². The van der Waals surface area contributed by atoms with Gasteiger partial charge in [0.05, 0.1) is 0 Å². The summed E-state index contributed by atoms with van der Waals surface area (Å²) in [4.78, 5) is 0. The molecule has 0 bridgehead atoms. The summed E-state index contributed by atoms with van der Waals surface area (Å²) in [5.41, 5.74) is 3.44. The summed E-state index contributed by atoms with van der Waals surface area (Å²) >= 11 is 0. The normalized spacial score (nSPS) is 26.4. The molecule has 2 aliphatic carbocycles. The van der Waals surface area contributed by atoms with E-state index in [1.807, 2.05) is 13.0 Å². The molecule has 1 aromatic carbocycles. The SMILES string of the molecule is C=C1CCC(CCC2CCC(c3ccc(C)cc3F)CC2)CC1. The number of allylic oxidation sites excluding steroid dienone is 1. The fourth-order valence-corrected chi connectivity index (χ4v) is 4.57. The van der Waals surface area contributed by atoms with Crippen LogP contribution in [0.15, 0.2) is 30.4 Å². The van der Waals surface area contributed by atoms with Gasteiger partial charge in [-0.1, -0.05) is 37.1 Å². The number of aryl methyl sites for hydroxylation is 1. The molecule has 0 spiro atoms. The standard InChI is InChI=1S/C22H31F/c1-16-3-6-18(7-4-16)8-9-19-10-12-20(13-11-19)21-14-5-17(2)15-22(21)23/h5,14-15,18-20H,1,3-4,6-13H2,2H3. The smallest absolute Gasteiger partial charge is 0.126 e. The molecule has 0 atom stereocenters. The van der Waals surface area contributed by atoms with Crippen LogP contribution in [0.4, 0.5) is 4.39 Å². The minimum atomic E-state index is 0.0101. The van der Waals surface area contributed by atoms with E-state index in [1.54, 1.807) is 6.07 Å². The van der Waals surface area contributed by atoms with Gasteiger partial charge >= 0.3 is 0 Å². The summed E-state index contributed by atoms with van der Waals surface area (Å²) in [7, 11) is 0. The van der Waals surface area contributed by atoms with Crippen molar-refractivity contribution in [2.45, 2.75) is 77.0 Å². The third-order valence-electron chi connectivity index (χ3n) is 6.24. The van der Waals surface area contributed by atoms with Crippen LogP contribution >= 0.6 is 0 Å². The van der Waals surface area contributed by atoms with Gasteiger partial charge in [0, 0.05) is 0 Å². The quantitative estimate of drug-likeness (QED) is 0.528. The van der Waals surface area contributed by atoms with Crippen molar-refractivity contribution in [3.8, 4) is 0 Å². The lowest BCUT2D eigenvalue weighted by Crippen LogP contribution is -2.16. The Hall–Kier alpha value is -1.11. The first-order valence-corrected chi connectivity index (χ1v) is 9.54.